The summed E-state index contributed by atoms with van der Waals surface area (Å²) in [6.45, 7) is 3.77. The molecule has 140 valence electrons. The van der Waals surface area contributed by atoms with Gasteiger partial charge in [0.25, 0.3) is 5.56 Å². The molecule has 0 amide bonds. The summed E-state index contributed by atoms with van der Waals surface area (Å²) in [5.41, 5.74) is -5.18. The second-order valence-electron chi connectivity index (χ2n) is 6.10. The predicted molar refractivity (Wildman–Crippen MR) is 92.6 cm³/mol. The molecule has 0 aliphatic rings. The lowest BCUT2D eigenvalue weighted by atomic mass is 9.84. The highest BCUT2D eigenvalue weighted by Gasteiger charge is 2.29. The van der Waals surface area contributed by atoms with Crippen molar-refractivity contribution >= 4 is 17.5 Å². The van der Waals surface area contributed by atoms with Gasteiger partial charge in [-0.05, 0) is 41.3 Å². The predicted octanol–water partition coefficient (Wildman–Crippen LogP) is 3.69. The summed E-state index contributed by atoms with van der Waals surface area (Å²) in [6, 6.07) is 6.87. The first kappa shape index (κ1) is 20.0. The van der Waals surface area contributed by atoms with Crippen molar-refractivity contribution in [1.29, 1.82) is 0 Å². The van der Waals surface area contributed by atoms with Crippen LogP contribution in [0.1, 0.15) is 42.2 Å². The number of nitrogens with one attached hydrogen (secondary N) is 2. The van der Waals surface area contributed by atoms with E-state index < -0.39 is 22.5 Å². The van der Waals surface area contributed by atoms with Crippen LogP contribution < -0.4 is 11.2 Å². The molecule has 0 radical (unpaired) electrons. The van der Waals surface area contributed by atoms with Crippen LogP contribution in [-0.2, 0) is 0 Å². The highest BCUT2D eigenvalue weighted by molar-refractivity contribution is 8.00. The van der Waals surface area contributed by atoms with Crippen molar-refractivity contribution in [3.8, 4) is 0 Å². The summed E-state index contributed by atoms with van der Waals surface area (Å²) >= 11 is -0.201. The maximum absolute atomic E-state index is 12.4. The molecule has 2 N–H and O–H groups in total. The van der Waals surface area contributed by atoms with E-state index in [2.05, 4.69) is 4.98 Å². The molecule has 9 heteroatoms. The number of H-pyrrole nitrogens is 2. The summed E-state index contributed by atoms with van der Waals surface area (Å²) in [7, 11) is 0. The number of alkyl halides is 3. The zero-order chi connectivity index (χ0) is 19.5. The van der Waals surface area contributed by atoms with Crippen LogP contribution in [0.4, 0.5) is 13.2 Å². The summed E-state index contributed by atoms with van der Waals surface area (Å²) in [4.78, 5) is 39.4. The van der Waals surface area contributed by atoms with Gasteiger partial charge in [-0.15, -0.1) is 0 Å². The van der Waals surface area contributed by atoms with E-state index in [9.17, 15) is 27.6 Å². The van der Waals surface area contributed by atoms with Crippen molar-refractivity contribution in [1.82, 2.24) is 9.97 Å². The minimum Gasteiger partial charge on any atom is -0.304 e. The number of carbonyl (C=O) groups excluding carboxylic acids is 1. The quantitative estimate of drug-likeness (QED) is 0.586. The lowest BCUT2D eigenvalue weighted by Crippen LogP contribution is -2.25. The number of thioether (sulfide) groups is 1. The fourth-order valence-corrected chi connectivity index (χ4v) is 3.12. The highest BCUT2D eigenvalue weighted by Crippen LogP contribution is 2.38. The van der Waals surface area contributed by atoms with Gasteiger partial charge in [-0.2, -0.15) is 13.2 Å². The van der Waals surface area contributed by atoms with Crippen LogP contribution in [-0.4, -0.2) is 21.3 Å². The van der Waals surface area contributed by atoms with Crippen LogP contribution in [0.25, 0.3) is 0 Å². The lowest BCUT2D eigenvalue weighted by Gasteiger charge is -2.21. The molecule has 1 heterocycles. The van der Waals surface area contributed by atoms with Crippen molar-refractivity contribution in [2.75, 3.05) is 0 Å². The number of carbonyl (C=O) groups is 1. The third kappa shape index (κ3) is 5.62. The minimum absolute atomic E-state index is 0.0167. The summed E-state index contributed by atoms with van der Waals surface area (Å²) in [6.07, 6.45) is 0.0167. The van der Waals surface area contributed by atoms with Crippen LogP contribution in [0.5, 0.6) is 0 Å². The first-order valence-corrected chi connectivity index (χ1v) is 8.59. The Bertz CT molecular complexity index is 857. The maximum atomic E-state index is 12.4. The van der Waals surface area contributed by atoms with Gasteiger partial charge < -0.3 is 4.98 Å². The third-order valence-corrected chi connectivity index (χ3v) is 4.55. The molecule has 0 spiro atoms. The molecule has 0 bridgehead atoms. The minimum atomic E-state index is -4.36. The molecule has 1 aromatic carbocycles. The van der Waals surface area contributed by atoms with Gasteiger partial charge in [-0.1, -0.05) is 26.0 Å². The zero-order valence-corrected chi connectivity index (χ0v) is 14.8. The molecule has 1 aromatic heterocycles. The molecule has 0 saturated heterocycles. The molecule has 0 aliphatic carbocycles. The number of hydrogen-bond donors (Lipinski definition) is 2. The molecule has 0 unspecified atom stereocenters. The molecule has 0 saturated carbocycles. The number of hydrogen-bond acceptors (Lipinski definition) is 4. The summed E-state index contributed by atoms with van der Waals surface area (Å²) in [5.74, 6) is -0.662. The zero-order valence-electron chi connectivity index (χ0n) is 14.0. The topological polar surface area (TPSA) is 82.8 Å². The van der Waals surface area contributed by atoms with Crippen LogP contribution in [0.15, 0.2) is 44.8 Å². The second kappa shape index (κ2) is 7.94. The normalized spacial score (nSPS) is 13.0. The number of halogens is 3. The summed E-state index contributed by atoms with van der Waals surface area (Å²) in [5, 5.41) is 0. The summed E-state index contributed by atoms with van der Waals surface area (Å²) < 4.78 is 37.2. The van der Waals surface area contributed by atoms with Crippen molar-refractivity contribution in [2.24, 2.45) is 5.92 Å². The second-order valence-corrected chi connectivity index (χ2v) is 7.23. The first-order valence-electron chi connectivity index (χ1n) is 7.77. The molecule has 2 aromatic rings. The third-order valence-electron chi connectivity index (χ3n) is 3.81. The average Bonchev–Trinajstić information content (AvgIpc) is 2.50. The van der Waals surface area contributed by atoms with Gasteiger partial charge in [0.05, 0.1) is 5.69 Å². The molecule has 0 fully saturated rings. The number of benzene rings is 1. The molecular formula is C17H17F3N2O3S. The van der Waals surface area contributed by atoms with Gasteiger partial charge in [0, 0.05) is 17.4 Å². The van der Waals surface area contributed by atoms with E-state index in [0.29, 0.717) is 5.56 Å². The SMILES string of the molecule is CC(C)[C@@H](CC(=O)c1cc(=O)[nH]c(=O)[nH]1)c1ccc(SC(F)(F)F)cc1. The highest BCUT2D eigenvalue weighted by atomic mass is 32.2. The lowest BCUT2D eigenvalue weighted by molar-refractivity contribution is -0.0328. The van der Waals surface area contributed by atoms with Crippen molar-refractivity contribution in [3.05, 3.63) is 62.4 Å². The van der Waals surface area contributed by atoms with Gasteiger partial charge in [0.2, 0.25) is 0 Å². The Kier molecular flexibility index (Phi) is 6.12. The van der Waals surface area contributed by atoms with Crippen molar-refractivity contribution in [3.63, 3.8) is 0 Å². The van der Waals surface area contributed by atoms with Crippen LogP contribution in [0, 0.1) is 5.92 Å². The van der Waals surface area contributed by atoms with Crippen LogP contribution >= 0.6 is 11.8 Å². The number of aromatic amines is 2. The molecule has 1 atom stereocenters. The van der Waals surface area contributed by atoms with Gasteiger partial charge in [0.1, 0.15) is 0 Å². The fraction of sp³-hybridized carbons (Fsp3) is 0.353. The van der Waals surface area contributed by atoms with E-state index >= 15 is 0 Å². The van der Waals surface area contributed by atoms with E-state index in [1.54, 1.807) is 12.1 Å². The Morgan fingerprint density at radius 2 is 1.73 bits per heavy atom. The number of rotatable bonds is 6. The fourth-order valence-electron chi connectivity index (χ4n) is 2.58. The largest absolute Gasteiger partial charge is 0.446 e. The first-order chi connectivity index (χ1) is 12.0. The van der Waals surface area contributed by atoms with E-state index in [1.165, 1.54) is 12.1 Å². The van der Waals surface area contributed by atoms with Gasteiger partial charge in [-0.3, -0.25) is 14.6 Å². The monoisotopic (exact) mass is 386 g/mol. The smallest absolute Gasteiger partial charge is 0.304 e. The van der Waals surface area contributed by atoms with E-state index in [-0.39, 0.29) is 40.6 Å². The standard InChI is InChI=1S/C17H17F3N2O3S/c1-9(2)12(7-14(23)13-8-15(24)22-16(25)21-13)10-3-5-11(6-4-10)26-17(18,19)20/h3-6,8-9,12H,7H2,1-2H3,(H2,21,22,24,25)/t12-/m1/s1. The van der Waals surface area contributed by atoms with E-state index in [1.807, 2.05) is 18.8 Å². The molecule has 2 rings (SSSR count). The van der Waals surface area contributed by atoms with Gasteiger partial charge in [0.15, 0.2) is 5.78 Å². The van der Waals surface area contributed by atoms with Crippen LogP contribution in [0.3, 0.4) is 0 Å². The van der Waals surface area contributed by atoms with E-state index in [4.69, 9.17) is 0 Å². The Labute approximate surface area is 151 Å². The Balaban J connectivity index is 2.22. The maximum Gasteiger partial charge on any atom is 0.446 e. The number of aromatic nitrogens is 2. The molecule has 26 heavy (non-hydrogen) atoms. The Morgan fingerprint density at radius 3 is 2.23 bits per heavy atom. The van der Waals surface area contributed by atoms with Crippen molar-refractivity contribution in [2.45, 2.75) is 36.6 Å². The van der Waals surface area contributed by atoms with Gasteiger partial charge >= 0.3 is 11.2 Å². The Hall–Kier alpha value is -2.29. The molecule has 0 aliphatic heterocycles. The number of Topliss-reactive ketones (excluding diaryl/α,β-unsaturated/α-hetero) is 1. The molecular weight excluding hydrogens is 369 g/mol. The average molecular weight is 386 g/mol. The van der Waals surface area contributed by atoms with E-state index in [0.717, 1.165) is 6.07 Å². The molecule has 5 nitrogen and oxygen atoms in total. The Morgan fingerprint density at radius 1 is 1.12 bits per heavy atom. The van der Waals surface area contributed by atoms with Gasteiger partial charge in [-0.25, -0.2) is 4.79 Å². The number of ketones is 1. The van der Waals surface area contributed by atoms with Crippen molar-refractivity contribution < 1.29 is 18.0 Å². The van der Waals surface area contributed by atoms with Crippen LogP contribution in [0.2, 0.25) is 0 Å².